The van der Waals surface area contributed by atoms with E-state index in [-0.39, 0.29) is 16.7 Å². The Hall–Kier alpha value is -2.18. The van der Waals surface area contributed by atoms with E-state index in [1.807, 2.05) is 30.8 Å². The Bertz CT molecular complexity index is 814. The first kappa shape index (κ1) is 17.9. The molecule has 0 aromatic carbocycles. The minimum absolute atomic E-state index is 0.0860. The third-order valence-corrected chi connectivity index (χ3v) is 7.24. The van der Waals surface area contributed by atoms with Crippen molar-refractivity contribution in [1.82, 2.24) is 20.1 Å². The van der Waals surface area contributed by atoms with Crippen LogP contribution in [0.1, 0.15) is 30.4 Å². The Morgan fingerprint density at radius 1 is 1.07 bits per heavy atom. The number of fused-ring (bicyclic) bond motifs is 1. The number of furan rings is 1. The number of rotatable bonds is 4. The van der Waals surface area contributed by atoms with E-state index in [1.165, 1.54) is 11.1 Å². The molecule has 0 saturated carbocycles. The van der Waals surface area contributed by atoms with Crippen LogP contribution in [-0.2, 0) is 17.9 Å². The number of carbonyl (C=O) groups excluding carboxylic acids is 1. The van der Waals surface area contributed by atoms with Crippen molar-refractivity contribution in [3.05, 3.63) is 54.2 Å². The summed E-state index contributed by atoms with van der Waals surface area (Å²) in [6, 6.07) is 6.17. The van der Waals surface area contributed by atoms with E-state index >= 15 is 0 Å². The van der Waals surface area contributed by atoms with Crippen molar-refractivity contribution in [2.45, 2.75) is 32.4 Å². The van der Waals surface area contributed by atoms with Crippen molar-refractivity contribution >= 4 is 5.91 Å². The summed E-state index contributed by atoms with van der Waals surface area (Å²) in [6.45, 7) is 6.60. The van der Waals surface area contributed by atoms with Crippen LogP contribution in [0.2, 0.25) is 0 Å². The van der Waals surface area contributed by atoms with Gasteiger partial charge in [0.1, 0.15) is 0 Å². The predicted octanol–water partition coefficient (Wildman–Crippen LogP) is 2.28. The third kappa shape index (κ3) is 2.95. The molecule has 5 heterocycles. The molecule has 6 heteroatoms. The normalized spacial score (nSPS) is 27.6. The number of piperidine rings is 1. The molecule has 148 valence electrons. The molecule has 0 aliphatic carbocycles. The number of pyridine rings is 1. The average Bonchev–Trinajstić information content (AvgIpc) is 3.41. The molecule has 3 aliphatic heterocycles. The molecular formula is C22H28N4O2. The maximum Gasteiger partial charge on any atom is 0.228 e. The lowest BCUT2D eigenvalue weighted by molar-refractivity contribution is -0.134. The van der Waals surface area contributed by atoms with Gasteiger partial charge in [-0.2, -0.15) is 0 Å². The Morgan fingerprint density at radius 2 is 1.93 bits per heavy atom. The zero-order valence-electron chi connectivity index (χ0n) is 16.3. The number of nitrogens with zero attached hydrogens (tertiary/aromatic N) is 3. The van der Waals surface area contributed by atoms with Crippen LogP contribution in [0, 0.1) is 10.8 Å². The highest BCUT2D eigenvalue weighted by Gasteiger charge is 2.63. The van der Waals surface area contributed by atoms with Gasteiger partial charge in [-0.3, -0.25) is 19.6 Å². The number of nitrogens with one attached hydrogen (secondary N) is 1. The molecule has 1 N–H and O–H groups in total. The molecule has 3 aliphatic rings. The number of aromatic nitrogens is 1. The van der Waals surface area contributed by atoms with Gasteiger partial charge in [-0.25, -0.2) is 0 Å². The van der Waals surface area contributed by atoms with Crippen LogP contribution in [0.3, 0.4) is 0 Å². The smallest absolute Gasteiger partial charge is 0.228 e. The summed E-state index contributed by atoms with van der Waals surface area (Å²) in [5.41, 5.74) is 2.32. The van der Waals surface area contributed by atoms with E-state index in [1.54, 1.807) is 6.26 Å². The van der Waals surface area contributed by atoms with Crippen molar-refractivity contribution in [2.75, 3.05) is 32.7 Å². The first-order valence-corrected chi connectivity index (χ1v) is 10.3. The molecule has 2 aromatic rings. The lowest BCUT2D eigenvalue weighted by Crippen LogP contribution is -2.52. The summed E-state index contributed by atoms with van der Waals surface area (Å²) in [5, 5.41) is 3.15. The highest BCUT2D eigenvalue weighted by Crippen LogP contribution is 2.56. The van der Waals surface area contributed by atoms with Crippen LogP contribution in [-0.4, -0.2) is 53.4 Å². The number of hydrogen-bond acceptors (Lipinski definition) is 5. The van der Waals surface area contributed by atoms with Gasteiger partial charge < -0.3 is 9.73 Å². The summed E-state index contributed by atoms with van der Waals surface area (Å²) in [5.74, 6) is 0.282. The molecular weight excluding hydrogens is 352 g/mol. The zero-order chi connectivity index (χ0) is 19.0. The summed E-state index contributed by atoms with van der Waals surface area (Å²) in [4.78, 5) is 22.3. The Labute approximate surface area is 165 Å². The monoisotopic (exact) mass is 380 g/mol. The Balaban J connectivity index is 1.34. The van der Waals surface area contributed by atoms with Crippen molar-refractivity contribution in [3.8, 4) is 0 Å². The molecule has 28 heavy (non-hydrogen) atoms. The van der Waals surface area contributed by atoms with Crippen molar-refractivity contribution in [1.29, 1.82) is 0 Å². The maximum absolute atomic E-state index is 13.0. The second-order valence-corrected chi connectivity index (χ2v) is 8.78. The quantitative estimate of drug-likeness (QED) is 0.882. The number of amides is 1. The van der Waals surface area contributed by atoms with Crippen molar-refractivity contribution < 1.29 is 9.21 Å². The fourth-order valence-corrected chi connectivity index (χ4v) is 5.79. The molecule has 6 nitrogen and oxygen atoms in total. The van der Waals surface area contributed by atoms with Crippen LogP contribution in [0.5, 0.6) is 0 Å². The van der Waals surface area contributed by atoms with Crippen LogP contribution in [0.15, 0.2) is 47.5 Å². The Morgan fingerprint density at radius 3 is 2.61 bits per heavy atom. The van der Waals surface area contributed by atoms with Gasteiger partial charge in [-0.15, -0.1) is 0 Å². The lowest BCUT2D eigenvalue weighted by Gasteiger charge is -2.46. The summed E-state index contributed by atoms with van der Waals surface area (Å²) in [7, 11) is 0. The molecule has 0 bridgehead atoms. The van der Waals surface area contributed by atoms with Crippen LogP contribution >= 0.6 is 0 Å². The second-order valence-electron chi connectivity index (χ2n) is 8.78. The molecule has 1 unspecified atom stereocenters. The molecule has 0 radical (unpaired) electrons. The van der Waals surface area contributed by atoms with Crippen molar-refractivity contribution in [3.63, 3.8) is 0 Å². The standard InChI is InChI=1S/C22H28N4O2/c27-20-22(4-8-24-20)17-26(13-18-2-1-7-23-12-18)16-21(22)5-9-25(10-6-21)14-19-3-11-28-15-19/h1-3,7,11-12,15H,4-6,8-10,13-14,16-17H2,(H,24,27). The van der Waals surface area contributed by atoms with Crippen LogP contribution in [0.25, 0.3) is 0 Å². The summed E-state index contributed by atoms with van der Waals surface area (Å²) < 4.78 is 5.22. The molecule has 2 aromatic heterocycles. The highest BCUT2D eigenvalue weighted by molar-refractivity contribution is 5.86. The van der Waals surface area contributed by atoms with Crippen LogP contribution in [0.4, 0.5) is 0 Å². The van der Waals surface area contributed by atoms with E-state index in [0.29, 0.717) is 0 Å². The minimum Gasteiger partial charge on any atom is -0.472 e. The van der Waals surface area contributed by atoms with Gasteiger partial charge in [0, 0.05) is 56.1 Å². The summed E-state index contributed by atoms with van der Waals surface area (Å²) >= 11 is 0. The van der Waals surface area contributed by atoms with Gasteiger partial charge in [0.2, 0.25) is 5.91 Å². The fourth-order valence-electron chi connectivity index (χ4n) is 5.79. The van der Waals surface area contributed by atoms with Gasteiger partial charge in [0.25, 0.3) is 0 Å². The SMILES string of the molecule is O=C1NCCC12CN(Cc1cccnc1)CC21CCN(Cc2ccoc2)CC1. The first-order valence-electron chi connectivity index (χ1n) is 10.3. The maximum atomic E-state index is 13.0. The molecule has 5 rings (SSSR count). The van der Waals surface area contributed by atoms with Gasteiger partial charge in [-0.1, -0.05) is 6.07 Å². The van der Waals surface area contributed by atoms with Crippen LogP contribution < -0.4 is 5.32 Å². The second kappa shape index (κ2) is 7.01. The zero-order valence-corrected chi connectivity index (χ0v) is 16.3. The first-order chi connectivity index (χ1) is 13.7. The van der Waals surface area contributed by atoms with Gasteiger partial charge in [0.05, 0.1) is 17.9 Å². The number of carbonyl (C=O) groups is 1. The third-order valence-electron chi connectivity index (χ3n) is 7.24. The van der Waals surface area contributed by atoms with Crippen molar-refractivity contribution in [2.24, 2.45) is 10.8 Å². The van der Waals surface area contributed by atoms with E-state index in [0.717, 1.165) is 65.1 Å². The number of likely N-dealkylation sites (tertiary alicyclic amines) is 2. The molecule has 3 fully saturated rings. The Kier molecular flexibility index (Phi) is 4.48. The molecule has 1 atom stereocenters. The topological polar surface area (TPSA) is 61.6 Å². The lowest BCUT2D eigenvalue weighted by atomic mass is 9.60. The van der Waals surface area contributed by atoms with Gasteiger partial charge >= 0.3 is 0 Å². The average molecular weight is 380 g/mol. The number of hydrogen-bond donors (Lipinski definition) is 1. The van der Waals surface area contributed by atoms with E-state index in [9.17, 15) is 4.79 Å². The van der Waals surface area contributed by atoms with E-state index in [4.69, 9.17) is 4.42 Å². The largest absolute Gasteiger partial charge is 0.472 e. The highest BCUT2D eigenvalue weighted by atomic mass is 16.3. The minimum atomic E-state index is -0.225. The van der Waals surface area contributed by atoms with Gasteiger partial charge in [0.15, 0.2) is 0 Å². The fraction of sp³-hybridized carbons (Fsp3) is 0.545. The predicted molar refractivity (Wildman–Crippen MR) is 105 cm³/mol. The summed E-state index contributed by atoms with van der Waals surface area (Å²) in [6.07, 6.45) is 10.5. The van der Waals surface area contributed by atoms with E-state index < -0.39 is 0 Å². The molecule has 1 amide bonds. The van der Waals surface area contributed by atoms with E-state index in [2.05, 4.69) is 26.2 Å². The molecule has 3 saturated heterocycles. The van der Waals surface area contributed by atoms with Gasteiger partial charge in [-0.05, 0) is 50.0 Å². The molecule has 2 spiro atoms.